The van der Waals surface area contributed by atoms with Crippen molar-refractivity contribution in [3.8, 4) is 5.75 Å². The molecule has 0 atom stereocenters. The molecular formula is C29H36N2O5. The number of piperidine rings is 1. The number of hydrogen-bond acceptors (Lipinski definition) is 5. The van der Waals surface area contributed by atoms with Gasteiger partial charge >= 0.3 is 6.09 Å². The second-order valence-corrected chi connectivity index (χ2v) is 11.6. The van der Waals surface area contributed by atoms with Gasteiger partial charge in [-0.25, -0.2) is 4.79 Å². The standard InChI is InChI=1S/C29H36N2O5/c1-28(2,3)20-12-11-19(18-31-25(32)22-9-7-8-10-23(22)26(31)33)24(17-20)35-21-13-15-30(16-14-21)27(34)36-29(4,5)6/h7-12,17,21H,13-16,18H2,1-6H3. The molecule has 1 fully saturated rings. The highest BCUT2D eigenvalue weighted by Gasteiger charge is 2.36. The van der Waals surface area contributed by atoms with Gasteiger partial charge in [0.2, 0.25) is 0 Å². The highest BCUT2D eigenvalue weighted by Crippen LogP contribution is 2.33. The van der Waals surface area contributed by atoms with Crippen molar-refractivity contribution in [1.82, 2.24) is 9.80 Å². The molecule has 2 aromatic carbocycles. The fourth-order valence-corrected chi connectivity index (χ4v) is 4.48. The lowest BCUT2D eigenvalue weighted by Gasteiger charge is -2.34. The van der Waals surface area contributed by atoms with Gasteiger partial charge in [0.05, 0.1) is 17.7 Å². The summed E-state index contributed by atoms with van der Waals surface area (Å²) in [7, 11) is 0. The summed E-state index contributed by atoms with van der Waals surface area (Å²) in [5.41, 5.74) is 2.14. The number of amides is 3. The largest absolute Gasteiger partial charge is 0.490 e. The Balaban J connectivity index is 1.51. The number of nitrogens with zero attached hydrogens (tertiary/aromatic N) is 2. The average Bonchev–Trinajstić information content (AvgIpc) is 3.04. The van der Waals surface area contributed by atoms with Crippen molar-refractivity contribution in [2.45, 2.75) is 78.0 Å². The van der Waals surface area contributed by atoms with Crippen LogP contribution in [-0.2, 0) is 16.7 Å². The van der Waals surface area contributed by atoms with Crippen LogP contribution in [0.3, 0.4) is 0 Å². The van der Waals surface area contributed by atoms with Crippen molar-refractivity contribution in [3.63, 3.8) is 0 Å². The Morgan fingerprint density at radius 1 is 0.917 bits per heavy atom. The molecule has 1 saturated heterocycles. The van der Waals surface area contributed by atoms with Crippen LogP contribution in [0.1, 0.15) is 86.2 Å². The quantitative estimate of drug-likeness (QED) is 0.523. The number of hydrogen-bond donors (Lipinski definition) is 0. The molecule has 7 nitrogen and oxygen atoms in total. The molecule has 0 aromatic heterocycles. The third kappa shape index (κ3) is 5.55. The molecule has 7 heteroatoms. The molecule has 2 aliphatic rings. The van der Waals surface area contributed by atoms with Crippen LogP contribution in [-0.4, -0.2) is 52.5 Å². The minimum Gasteiger partial charge on any atom is -0.490 e. The minimum absolute atomic E-state index is 0.0835. The van der Waals surface area contributed by atoms with Gasteiger partial charge in [0.15, 0.2) is 0 Å². The van der Waals surface area contributed by atoms with Crippen LogP contribution in [0.2, 0.25) is 0 Å². The number of rotatable bonds is 4. The molecule has 36 heavy (non-hydrogen) atoms. The van der Waals surface area contributed by atoms with Gasteiger partial charge in [-0.15, -0.1) is 0 Å². The highest BCUT2D eigenvalue weighted by molar-refractivity contribution is 6.21. The summed E-state index contributed by atoms with van der Waals surface area (Å²) in [6.45, 7) is 13.2. The van der Waals surface area contributed by atoms with E-state index in [0.717, 1.165) is 11.1 Å². The highest BCUT2D eigenvalue weighted by atomic mass is 16.6. The Bertz CT molecular complexity index is 1130. The van der Waals surface area contributed by atoms with E-state index < -0.39 is 5.60 Å². The molecule has 4 rings (SSSR count). The molecule has 0 radical (unpaired) electrons. The molecule has 0 N–H and O–H groups in total. The molecule has 0 bridgehead atoms. The zero-order valence-electron chi connectivity index (χ0n) is 22.1. The SMILES string of the molecule is CC(C)(C)OC(=O)N1CCC(Oc2cc(C(C)(C)C)ccc2CN2C(=O)c3ccccc3C2=O)CC1. The van der Waals surface area contributed by atoms with E-state index >= 15 is 0 Å². The van der Waals surface area contributed by atoms with E-state index in [1.54, 1.807) is 29.2 Å². The lowest BCUT2D eigenvalue weighted by atomic mass is 9.86. The van der Waals surface area contributed by atoms with Gasteiger partial charge in [0.1, 0.15) is 17.5 Å². The van der Waals surface area contributed by atoms with E-state index in [1.165, 1.54) is 4.90 Å². The molecule has 0 spiro atoms. The first kappa shape index (κ1) is 25.7. The number of carbonyl (C=O) groups excluding carboxylic acids is 3. The topological polar surface area (TPSA) is 76.2 Å². The number of imide groups is 1. The van der Waals surface area contributed by atoms with E-state index in [-0.39, 0.29) is 36.0 Å². The van der Waals surface area contributed by atoms with Gasteiger partial charge in [-0.1, -0.05) is 45.0 Å². The summed E-state index contributed by atoms with van der Waals surface area (Å²) in [5.74, 6) is 0.105. The molecule has 192 valence electrons. The molecule has 2 aliphatic heterocycles. The van der Waals surface area contributed by atoms with E-state index in [4.69, 9.17) is 9.47 Å². The number of carbonyl (C=O) groups is 3. The third-order valence-electron chi connectivity index (χ3n) is 6.53. The second kappa shape index (κ2) is 9.60. The van der Waals surface area contributed by atoms with Crippen LogP contribution in [0.25, 0.3) is 0 Å². The second-order valence-electron chi connectivity index (χ2n) is 11.6. The fourth-order valence-electron chi connectivity index (χ4n) is 4.48. The molecule has 2 aromatic rings. The van der Waals surface area contributed by atoms with Crippen molar-refractivity contribution in [2.24, 2.45) is 0 Å². The van der Waals surface area contributed by atoms with Crippen molar-refractivity contribution < 1.29 is 23.9 Å². The van der Waals surface area contributed by atoms with Gasteiger partial charge in [-0.05, 0) is 49.9 Å². The Hall–Kier alpha value is -3.35. The zero-order chi connectivity index (χ0) is 26.3. The average molecular weight is 493 g/mol. The predicted molar refractivity (Wildman–Crippen MR) is 137 cm³/mol. The normalized spacial score (nSPS) is 16.8. The van der Waals surface area contributed by atoms with Crippen LogP contribution in [0, 0.1) is 0 Å². The van der Waals surface area contributed by atoms with E-state index in [2.05, 4.69) is 20.8 Å². The summed E-state index contributed by atoms with van der Waals surface area (Å²) in [4.78, 5) is 41.3. The molecule has 0 saturated carbocycles. The first-order chi connectivity index (χ1) is 16.8. The first-order valence-electron chi connectivity index (χ1n) is 12.6. The molecule has 0 aliphatic carbocycles. The Kier molecular flexibility index (Phi) is 6.86. The van der Waals surface area contributed by atoms with Crippen molar-refractivity contribution >= 4 is 17.9 Å². The summed E-state index contributed by atoms with van der Waals surface area (Å²) >= 11 is 0. The first-order valence-corrected chi connectivity index (χ1v) is 12.6. The molecule has 2 heterocycles. The maximum atomic E-state index is 13.0. The predicted octanol–water partition coefficient (Wildman–Crippen LogP) is 5.56. The molecule has 0 unspecified atom stereocenters. The van der Waals surface area contributed by atoms with Crippen LogP contribution < -0.4 is 4.74 Å². The van der Waals surface area contributed by atoms with Gasteiger partial charge in [0.25, 0.3) is 11.8 Å². The summed E-state index contributed by atoms with van der Waals surface area (Å²) < 4.78 is 12.0. The Labute approximate surface area is 213 Å². The van der Waals surface area contributed by atoms with Crippen molar-refractivity contribution in [2.75, 3.05) is 13.1 Å². The number of benzene rings is 2. The summed E-state index contributed by atoms with van der Waals surface area (Å²) in [6, 6.07) is 12.9. The van der Waals surface area contributed by atoms with Gasteiger partial charge in [-0.2, -0.15) is 0 Å². The van der Waals surface area contributed by atoms with Crippen LogP contribution in [0.15, 0.2) is 42.5 Å². The van der Waals surface area contributed by atoms with Crippen molar-refractivity contribution in [1.29, 1.82) is 0 Å². The lowest BCUT2D eigenvalue weighted by Crippen LogP contribution is -2.44. The maximum absolute atomic E-state index is 13.0. The van der Waals surface area contributed by atoms with Crippen molar-refractivity contribution in [3.05, 3.63) is 64.7 Å². The third-order valence-corrected chi connectivity index (χ3v) is 6.53. The summed E-state index contributed by atoms with van der Waals surface area (Å²) in [6.07, 6.45) is 0.957. The summed E-state index contributed by atoms with van der Waals surface area (Å²) in [5, 5.41) is 0. The number of ether oxygens (including phenoxy) is 2. The number of fused-ring (bicyclic) bond motifs is 1. The lowest BCUT2D eigenvalue weighted by molar-refractivity contribution is 0.0125. The molecule has 3 amide bonds. The van der Waals surface area contributed by atoms with E-state index in [0.29, 0.717) is 42.8 Å². The van der Waals surface area contributed by atoms with Gasteiger partial charge in [-0.3, -0.25) is 14.5 Å². The minimum atomic E-state index is -0.531. The van der Waals surface area contributed by atoms with Crippen LogP contribution >= 0.6 is 0 Å². The fraction of sp³-hybridized carbons (Fsp3) is 0.483. The van der Waals surface area contributed by atoms with Crippen LogP contribution in [0.5, 0.6) is 5.75 Å². The van der Waals surface area contributed by atoms with Crippen LogP contribution in [0.4, 0.5) is 4.79 Å². The van der Waals surface area contributed by atoms with Gasteiger partial charge < -0.3 is 14.4 Å². The monoisotopic (exact) mass is 492 g/mol. The zero-order valence-corrected chi connectivity index (χ0v) is 22.1. The number of likely N-dealkylation sites (tertiary alicyclic amines) is 1. The Morgan fingerprint density at radius 2 is 1.50 bits per heavy atom. The van der Waals surface area contributed by atoms with E-state index in [1.807, 2.05) is 39.0 Å². The maximum Gasteiger partial charge on any atom is 0.410 e. The smallest absolute Gasteiger partial charge is 0.410 e. The van der Waals surface area contributed by atoms with E-state index in [9.17, 15) is 14.4 Å². The molecular weight excluding hydrogens is 456 g/mol. The van der Waals surface area contributed by atoms with Gasteiger partial charge in [0, 0.05) is 31.5 Å². The Morgan fingerprint density at radius 3 is 2.03 bits per heavy atom.